The highest BCUT2D eigenvalue weighted by Crippen LogP contribution is 2.35. The molecule has 0 saturated heterocycles. The van der Waals surface area contributed by atoms with Crippen molar-refractivity contribution in [1.29, 1.82) is 0 Å². The van der Waals surface area contributed by atoms with Crippen molar-refractivity contribution in [3.8, 4) is 0 Å². The molecule has 122 valence electrons. The fraction of sp³-hybridized carbons (Fsp3) is 1.00. The molecule has 0 aromatic carbocycles. The first-order valence-corrected chi connectivity index (χ1v) is 11.4. The van der Waals surface area contributed by atoms with Crippen molar-refractivity contribution in [3.05, 3.63) is 0 Å². The molecule has 0 fully saturated rings. The molecule has 0 spiro atoms. The van der Waals surface area contributed by atoms with Crippen molar-refractivity contribution < 1.29 is 0 Å². The lowest BCUT2D eigenvalue weighted by Crippen LogP contribution is -2.13. The molecule has 2 heteroatoms. The monoisotopic (exact) mass is 318 g/mol. The highest BCUT2D eigenvalue weighted by Gasteiger charge is 2.17. The molecule has 0 bridgehead atoms. The van der Waals surface area contributed by atoms with Crippen LogP contribution in [0, 0.1) is 5.92 Å². The van der Waals surface area contributed by atoms with Gasteiger partial charge in [0.15, 0.2) is 0 Å². The van der Waals surface area contributed by atoms with E-state index in [1.54, 1.807) is 0 Å². The van der Waals surface area contributed by atoms with E-state index in [0.29, 0.717) is 0 Å². The molecule has 0 aliphatic heterocycles. The Kier molecular flexibility index (Phi) is 16.6. The Morgan fingerprint density at radius 3 is 1.70 bits per heavy atom. The Balaban J connectivity index is 3.90. The molecule has 0 nitrogen and oxygen atoms in total. The van der Waals surface area contributed by atoms with Crippen molar-refractivity contribution in [2.45, 2.75) is 104 Å². The van der Waals surface area contributed by atoms with Gasteiger partial charge in [-0.05, 0) is 18.8 Å². The van der Waals surface area contributed by atoms with Crippen LogP contribution < -0.4 is 0 Å². The van der Waals surface area contributed by atoms with E-state index in [2.05, 4.69) is 49.3 Å². The molecule has 0 heterocycles. The van der Waals surface area contributed by atoms with E-state index >= 15 is 0 Å². The number of rotatable bonds is 15. The van der Waals surface area contributed by atoms with Gasteiger partial charge in [0.25, 0.3) is 0 Å². The summed E-state index contributed by atoms with van der Waals surface area (Å²) in [5.41, 5.74) is 0. The fourth-order valence-electron chi connectivity index (χ4n) is 2.71. The van der Waals surface area contributed by atoms with E-state index in [0.717, 1.165) is 11.2 Å². The molecule has 0 radical (unpaired) electrons. The van der Waals surface area contributed by atoms with Crippen LogP contribution >= 0.6 is 21.6 Å². The predicted molar refractivity (Wildman–Crippen MR) is 101 cm³/mol. The molecule has 0 N–H and O–H groups in total. The van der Waals surface area contributed by atoms with Crippen molar-refractivity contribution in [2.24, 2.45) is 5.92 Å². The van der Waals surface area contributed by atoms with Crippen LogP contribution in [0.4, 0.5) is 0 Å². The summed E-state index contributed by atoms with van der Waals surface area (Å²) in [7, 11) is 4.19. The Hall–Kier alpha value is 0.700. The van der Waals surface area contributed by atoms with Crippen LogP contribution in [0.5, 0.6) is 0 Å². The van der Waals surface area contributed by atoms with Crippen molar-refractivity contribution in [1.82, 2.24) is 0 Å². The fourth-order valence-corrected chi connectivity index (χ4v) is 5.01. The van der Waals surface area contributed by atoms with Gasteiger partial charge < -0.3 is 0 Å². The van der Waals surface area contributed by atoms with Gasteiger partial charge in [0, 0.05) is 11.0 Å². The normalized spacial score (nSPS) is 14.4. The van der Waals surface area contributed by atoms with Gasteiger partial charge in [-0.2, -0.15) is 0 Å². The molecule has 0 aliphatic rings. The first-order chi connectivity index (χ1) is 9.76. The third-order valence-electron chi connectivity index (χ3n) is 4.11. The van der Waals surface area contributed by atoms with Gasteiger partial charge in [-0.3, -0.25) is 0 Å². The number of hydrogen-bond donors (Lipinski definition) is 0. The van der Waals surface area contributed by atoms with Gasteiger partial charge in [-0.1, -0.05) is 107 Å². The van der Waals surface area contributed by atoms with Crippen LogP contribution in [0.25, 0.3) is 0 Å². The smallest absolute Gasteiger partial charge is 0.0151 e. The summed E-state index contributed by atoms with van der Waals surface area (Å²) in [4.78, 5) is 0. The quantitative estimate of drug-likeness (QED) is 0.224. The second kappa shape index (κ2) is 16.1. The van der Waals surface area contributed by atoms with Gasteiger partial charge in [0.05, 0.1) is 0 Å². The summed E-state index contributed by atoms with van der Waals surface area (Å²) >= 11 is 0. The second-order valence-corrected chi connectivity index (χ2v) is 9.05. The van der Waals surface area contributed by atoms with E-state index in [9.17, 15) is 0 Å². The Morgan fingerprint density at radius 1 is 0.700 bits per heavy atom. The molecular formula is C18H38S2. The second-order valence-electron chi connectivity index (χ2n) is 6.02. The molecule has 0 amide bonds. The minimum atomic E-state index is 0.841. The molecule has 0 saturated carbocycles. The van der Waals surface area contributed by atoms with Gasteiger partial charge in [0.2, 0.25) is 0 Å². The van der Waals surface area contributed by atoms with E-state index in [-0.39, 0.29) is 0 Å². The zero-order valence-electron chi connectivity index (χ0n) is 14.5. The van der Waals surface area contributed by atoms with E-state index in [1.807, 2.05) is 0 Å². The maximum atomic E-state index is 2.46. The zero-order chi connectivity index (χ0) is 15.1. The average Bonchev–Trinajstić information content (AvgIpc) is 2.46. The summed E-state index contributed by atoms with van der Waals surface area (Å²) in [6.07, 6.45) is 15.8. The van der Waals surface area contributed by atoms with Crippen molar-refractivity contribution >= 4 is 21.6 Å². The molecule has 0 rings (SSSR count). The minimum absolute atomic E-state index is 0.841. The standard InChI is InChI=1S/C18H38S2/c1-5-8-10-12-14-16-18(15-13-11-9-6-2)17(4)20-19-7-3/h17-18H,5-16H2,1-4H3/t17-,18?/m0/s1. The average molecular weight is 319 g/mol. The van der Waals surface area contributed by atoms with Gasteiger partial charge in [-0.25, -0.2) is 0 Å². The predicted octanol–water partition coefficient (Wildman–Crippen LogP) is 7.72. The van der Waals surface area contributed by atoms with Crippen LogP contribution in [-0.4, -0.2) is 11.0 Å². The number of unbranched alkanes of at least 4 members (excludes halogenated alkanes) is 7. The molecule has 1 unspecified atom stereocenters. The first-order valence-electron chi connectivity index (χ1n) is 9.04. The largest absolute Gasteiger partial charge is 0.0942 e. The van der Waals surface area contributed by atoms with E-state index < -0.39 is 0 Å². The summed E-state index contributed by atoms with van der Waals surface area (Å²) < 4.78 is 0. The van der Waals surface area contributed by atoms with E-state index in [4.69, 9.17) is 0 Å². The van der Waals surface area contributed by atoms with Crippen molar-refractivity contribution in [2.75, 3.05) is 5.75 Å². The van der Waals surface area contributed by atoms with Crippen LogP contribution in [0.2, 0.25) is 0 Å². The summed E-state index contributed by atoms with van der Waals surface area (Å²) in [6.45, 7) is 9.34. The lowest BCUT2D eigenvalue weighted by atomic mass is 9.92. The Bertz CT molecular complexity index is 182. The van der Waals surface area contributed by atoms with Crippen LogP contribution in [-0.2, 0) is 0 Å². The minimum Gasteiger partial charge on any atom is -0.0942 e. The SMILES string of the molecule is CCCCCCCC(CCCCCC)[C@H](C)SSCC. The molecule has 20 heavy (non-hydrogen) atoms. The third kappa shape index (κ3) is 12.4. The lowest BCUT2D eigenvalue weighted by Gasteiger charge is -2.23. The maximum Gasteiger partial charge on any atom is 0.0151 e. The molecule has 0 aromatic heterocycles. The molecule has 0 aromatic rings. The van der Waals surface area contributed by atoms with Gasteiger partial charge >= 0.3 is 0 Å². The third-order valence-corrected chi connectivity index (χ3v) is 7.19. The van der Waals surface area contributed by atoms with Gasteiger partial charge in [-0.15, -0.1) is 0 Å². The number of hydrogen-bond acceptors (Lipinski definition) is 2. The molecule has 2 atom stereocenters. The van der Waals surface area contributed by atoms with Crippen molar-refractivity contribution in [3.63, 3.8) is 0 Å². The highest BCUT2D eigenvalue weighted by atomic mass is 33.1. The summed E-state index contributed by atoms with van der Waals surface area (Å²) in [5, 5.41) is 0.841. The molecular weight excluding hydrogens is 280 g/mol. The summed E-state index contributed by atoms with van der Waals surface area (Å²) in [5.74, 6) is 2.20. The maximum absolute atomic E-state index is 2.46. The highest BCUT2D eigenvalue weighted by molar-refractivity contribution is 8.76. The lowest BCUT2D eigenvalue weighted by molar-refractivity contribution is 0.403. The van der Waals surface area contributed by atoms with Gasteiger partial charge in [0.1, 0.15) is 0 Å². The Labute approximate surface area is 137 Å². The van der Waals surface area contributed by atoms with E-state index in [1.165, 1.54) is 76.4 Å². The molecule has 0 aliphatic carbocycles. The van der Waals surface area contributed by atoms with Crippen LogP contribution in [0.3, 0.4) is 0 Å². The zero-order valence-corrected chi connectivity index (χ0v) is 16.1. The topological polar surface area (TPSA) is 0 Å². The van der Waals surface area contributed by atoms with Crippen LogP contribution in [0.1, 0.15) is 98.3 Å². The van der Waals surface area contributed by atoms with Crippen LogP contribution in [0.15, 0.2) is 0 Å². The first kappa shape index (κ1) is 20.7. The Morgan fingerprint density at radius 2 is 1.20 bits per heavy atom. The summed E-state index contributed by atoms with van der Waals surface area (Å²) in [6, 6.07) is 0.